The Hall–Kier alpha value is -6.06. The van der Waals surface area contributed by atoms with Gasteiger partial charge in [-0.05, 0) is 105 Å². The average molecular weight is 593 g/mol. The Morgan fingerprint density at radius 3 is 1.65 bits per heavy atom. The minimum Gasteiger partial charge on any atom is -0.457 e. The van der Waals surface area contributed by atoms with Gasteiger partial charge < -0.3 is 13.9 Å². The molecule has 0 atom stereocenters. The third-order valence-electron chi connectivity index (χ3n) is 8.87. The number of ether oxygens (including phenoxy) is 2. The van der Waals surface area contributed by atoms with Gasteiger partial charge in [-0.15, -0.1) is 0 Å². The summed E-state index contributed by atoms with van der Waals surface area (Å²) in [5, 5.41) is 2.25. The zero-order chi connectivity index (χ0) is 30.5. The van der Waals surface area contributed by atoms with Crippen LogP contribution in [0.4, 0.5) is 0 Å². The van der Waals surface area contributed by atoms with Gasteiger partial charge >= 0.3 is 0 Å². The monoisotopic (exact) mass is 592 g/mol. The van der Waals surface area contributed by atoms with Crippen LogP contribution >= 0.6 is 0 Å². The molecule has 0 fully saturated rings. The molecule has 0 bridgehead atoms. The van der Waals surface area contributed by atoms with Gasteiger partial charge in [-0.1, -0.05) is 97.1 Å². The molecule has 1 aromatic heterocycles. The van der Waals surface area contributed by atoms with Crippen molar-refractivity contribution in [3.8, 4) is 67.1 Å². The molecule has 0 saturated heterocycles. The van der Waals surface area contributed by atoms with Crippen molar-refractivity contribution in [3.63, 3.8) is 0 Å². The van der Waals surface area contributed by atoms with E-state index in [0.29, 0.717) is 0 Å². The minimum atomic E-state index is 0.146. The summed E-state index contributed by atoms with van der Waals surface area (Å²) < 4.78 is 18.5. The first-order valence-corrected chi connectivity index (χ1v) is 15.5. The molecule has 0 saturated carbocycles. The van der Waals surface area contributed by atoms with Gasteiger partial charge in [-0.25, -0.2) is 0 Å². The Kier molecular flexibility index (Phi) is 6.20. The van der Waals surface area contributed by atoms with Crippen molar-refractivity contribution in [2.24, 2.45) is 0 Å². The molecule has 218 valence electrons. The SMILES string of the molecule is c1ccc(-c2cc(-c3ccccc3)cc(-c3ccc4c(c3)OCOc3ccc(-c5ccc6c(c5)oc5ccccc56)cc3-4)c2)cc1. The van der Waals surface area contributed by atoms with E-state index in [2.05, 4.69) is 133 Å². The van der Waals surface area contributed by atoms with Gasteiger partial charge in [0.05, 0.1) is 0 Å². The number of rotatable bonds is 4. The molecule has 46 heavy (non-hydrogen) atoms. The van der Waals surface area contributed by atoms with Gasteiger partial charge in [0.2, 0.25) is 6.79 Å². The van der Waals surface area contributed by atoms with E-state index in [9.17, 15) is 0 Å². The van der Waals surface area contributed by atoms with Crippen LogP contribution in [0.15, 0.2) is 162 Å². The number of hydrogen-bond donors (Lipinski definition) is 0. The van der Waals surface area contributed by atoms with Crippen LogP contribution in [0.3, 0.4) is 0 Å². The first kappa shape index (κ1) is 26.4. The van der Waals surface area contributed by atoms with Gasteiger partial charge in [0, 0.05) is 21.9 Å². The summed E-state index contributed by atoms with van der Waals surface area (Å²) in [5.41, 5.74) is 12.9. The van der Waals surface area contributed by atoms with Crippen LogP contribution in [0.25, 0.3) is 77.6 Å². The highest BCUT2D eigenvalue weighted by Gasteiger charge is 2.19. The Morgan fingerprint density at radius 1 is 0.326 bits per heavy atom. The first-order chi connectivity index (χ1) is 22.8. The number of fused-ring (bicyclic) bond motifs is 6. The van der Waals surface area contributed by atoms with E-state index < -0.39 is 0 Å². The molecule has 1 aliphatic heterocycles. The molecule has 0 aliphatic carbocycles. The summed E-state index contributed by atoms with van der Waals surface area (Å²) in [5.74, 6) is 1.60. The fourth-order valence-electron chi connectivity index (χ4n) is 6.54. The molecular weight excluding hydrogens is 564 g/mol. The van der Waals surface area contributed by atoms with Crippen LogP contribution in [-0.4, -0.2) is 6.79 Å². The molecule has 7 aromatic carbocycles. The zero-order valence-electron chi connectivity index (χ0n) is 24.9. The van der Waals surface area contributed by atoms with Crippen LogP contribution in [0.1, 0.15) is 0 Å². The minimum absolute atomic E-state index is 0.146. The Morgan fingerprint density at radius 2 is 0.891 bits per heavy atom. The van der Waals surface area contributed by atoms with Gasteiger partial charge in [-0.2, -0.15) is 0 Å². The summed E-state index contributed by atoms with van der Waals surface area (Å²) in [4.78, 5) is 0. The predicted molar refractivity (Wildman–Crippen MR) is 187 cm³/mol. The second kappa shape index (κ2) is 10.8. The zero-order valence-corrected chi connectivity index (χ0v) is 24.9. The summed E-state index contributed by atoms with van der Waals surface area (Å²) in [6.07, 6.45) is 0. The van der Waals surface area contributed by atoms with Crippen LogP contribution in [0.2, 0.25) is 0 Å². The third-order valence-corrected chi connectivity index (χ3v) is 8.87. The van der Waals surface area contributed by atoms with Crippen molar-refractivity contribution in [2.75, 3.05) is 6.79 Å². The fraction of sp³-hybridized carbons (Fsp3) is 0.0233. The van der Waals surface area contributed by atoms with Crippen molar-refractivity contribution >= 4 is 21.9 Å². The van der Waals surface area contributed by atoms with Gasteiger partial charge in [-0.3, -0.25) is 0 Å². The van der Waals surface area contributed by atoms with Gasteiger partial charge in [0.15, 0.2) is 0 Å². The molecule has 3 heteroatoms. The molecule has 1 aliphatic rings. The molecule has 0 radical (unpaired) electrons. The predicted octanol–water partition coefficient (Wildman–Crippen LogP) is 11.6. The second-order valence-corrected chi connectivity index (χ2v) is 11.7. The lowest BCUT2D eigenvalue weighted by Crippen LogP contribution is -2.03. The lowest BCUT2D eigenvalue weighted by Gasteiger charge is -2.14. The van der Waals surface area contributed by atoms with Gasteiger partial charge in [0.1, 0.15) is 22.7 Å². The van der Waals surface area contributed by atoms with E-state index in [4.69, 9.17) is 13.9 Å². The van der Waals surface area contributed by atoms with Crippen LogP contribution in [0, 0.1) is 0 Å². The normalized spacial score (nSPS) is 12.2. The highest BCUT2D eigenvalue weighted by atomic mass is 16.7. The van der Waals surface area contributed by atoms with E-state index >= 15 is 0 Å². The summed E-state index contributed by atoms with van der Waals surface area (Å²) in [6, 6.07) is 55.3. The maximum Gasteiger partial charge on any atom is 0.230 e. The molecule has 0 unspecified atom stereocenters. The lowest BCUT2D eigenvalue weighted by atomic mass is 9.92. The average Bonchev–Trinajstić information content (AvgIpc) is 3.40. The Balaban J connectivity index is 1.13. The van der Waals surface area contributed by atoms with Crippen molar-refractivity contribution in [2.45, 2.75) is 0 Å². The highest BCUT2D eigenvalue weighted by Crippen LogP contribution is 2.44. The van der Waals surface area contributed by atoms with E-state index in [1.807, 2.05) is 24.3 Å². The molecule has 0 amide bonds. The number of benzene rings is 7. The highest BCUT2D eigenvalue weighted by molar-refractivity contribution is 6.06. The van der Waals surface area contributed by atoms with E-state index in [-0.39, 0.29) is 6.79 Å². The number of para-hydroxylation sites is 1. The molecule has 8 aromatic rings. The largest absolute Gasteiger partial charge is 0.457 e. The molecule has 2 heterocycles. The van der Waals surface area contributed by atoms with Crippen molar-refractivity contribution < 1.29 is 13.9 Å². The topological polar surface area (TPSA) is 31.6 Å². The maximum atomic E-state index is 6.22. The van der Waals surface area contributed by atoms with Gasteiger partial charge in [0.25, 0.3) is 0 Å². The summed E-state index contributed by atoms with van der Waals surface area (Å²) in [7, 11) is 0. The molecule has 0 N–H and O–H groups in total. The smallest absolute Gasteiger partial charge is 0.230 e. The summed E-state index contributed by atoms with van der Waals surface area (Å²) in [6.45, 7) is 0.146. The Bertz CT molecular complexity index is 2330. The van der Waals surface area contributed by atoms with Crippen molar-refractivity contribution in [3.05, 3.63) is 158 Å². The maximum absolute atomic E-state index is 6.22. The third kappa shape index (κ3) is 4.61. The molecule has 9 rings (SSSR count). The van der Waals surface area contributed by atoms with Crippen LogP contribution in [0.5, 0.6) is 11.5 Å². The second-order valence-electron chi connectivity index (χ2n) is 11.7. The standard InChI is InChI=1S/C43H28O3/c1-3-9-28(10-4-1)33-21-34(29-11-5-2-6-12-29)23-35(22-33)32-16-19-38-39-24-30(17-20-40(39)44-27-45-42(38)25-32)31-15-18-37-36-13-7-8-14-41(36)46-43(37)26-31/h1-26H,27H2. The van der Waals surface area contributed by atoms with E-state index in [1.165, 1.54) is 22.3 Å². The number of hydrogen-bond acceptors (Lipinski definition) is 3. The van der Waals surface area contributed by atoms with Crippen LogP contribution < -0.4 is 9.47 Å². The van der Waals surface area contributed by atoms with E-state index in [1.54, 1.807) is 0 Å². The Labute approximate surface area is 266 Å². The van der Waals surface area contributed by atoms with E-state index in [0.717, 1.165) is 66.8 Å². The fourth-order valence-corrected chi connectivity index (χ4v) is 6.54. The summed E-state index contributed by atoms with van der Waals surface area (Å²) >= 11 is 0. The van der Waals surface area contributed by atoms with Crippen molar-refractivity contribution in [1.82, 2.24) is 0 Å². The van der Waals surface area contributed by atoms with Crippen LogP contribution in [-0.2, 0) is 0 Å². The van der Waals surface area contributed by atoms with Crippen molar-refractivity contribution in [1.29, 1.82) is 0 Å². The quantitative estimate of drug-likeness (QED) is 0.204. The molecule has 3 nitrogen and oxygen atoms in total. The lowest BCUT2D eigenvalue weighted by molar-refractivity contribution is 0.125. The molecular formula is C43H28O3. The number of furan rings is 1. The molecule has 0 spiro atoms. The first-order valence-electron chi connectivity index (χ1n) is 15.5.